The fourth-order valence-corrected chi connectivity index (χ4v) is 2.47. The molecule has 1 aliphatic rings. The van der Waals surface area contributed by atoms with Crippen LogP contribution in [-0.2, 0) is 4.79 Å². The highest BCUT2D eigenvalue weighted by atomic mass is 16.5. The number of fused-ring (bicyclic) bond motifs is 1. The van der Waals surface area contributed by atoms with Crippen LogP contribution in [0, 0.1) is 5.41 Å². The largest absolute Gasteiger partial charge is 0.494 e. The van der Waals surface area contributed by atoms with Gasteiger partial charge in [0.15, 0.2) is 5.76 Å². The minimum Gasteiger partial charge on any atom is -0.494 e. The molecule has 0 aliphatic carbocycles. The quantitative estimate of drug-likeness (QED) is 0.448. The average molecular weight is 366 g/mol. The van der Waals surface area contributed by atoms with Gasteiger partial charge in [-0.25, -0.2) is 0 Å². The van der Waals surface area contributed by atoms with Crippen molar-refractivity contribution in [2.75, 3.05) is 6.61 Å². The third-order valence-corrected chi connectivity index (χ3v) is 3.95. The Morgan fingerprint density at radius 2 is 1.74 bits per heavy atom. The Labute approximate surface area is 158 Å². The summed E-state index contributed by atoms with van der Waals surface area (Å²) in [5, 5.41) is 0. The van der Waals surface area contributed by atoms with Crippen LogP contribution in [0.4, 0.5) is 0 Å². The number of carbonyl (C=O) groups excluding carboxylic acids is 2. The first-order valence-corrected chi connectivity index (χ1v) is 8.81. The molecule has 3 rings (SSSR count). The number of esters is 1. The van der Waals surface area contributed by atoms with Gasteiger partial charge in [-0.05, 0) is 63.6 Å². The summed E-state index contributed by atoms with van der Waals surface area (Å²) in [6, 6.07) is 12.2. The zero-order valence-corrected chi connectivity index (χ0v) is 15.9. The van der Waals surface area contributed by atoms with Gasteiger partial charge in [0.1, 0.15) is 17.2 Å². The molecule has 0 amide bonds. The summed E-state index contributed by atoms with van der Waals surface area (Å²) in [4.78, 5) is 24.6. The number of carbonyl (C=O) groups is 2. The number of Topliss-reactive ketones (excluding diaryl/α,β-unsaturated/α-hetero) is 1. The highest BCUT2D eigenvalue weighted by molar-refractivity contribution is 6.14. The van der Waals surface area contributed by atoms with Crippen LogP contribution in [0.5, 0.6) is 17.2 Å². The molecule has 0 atom stereocenters. The zero-order valence-electron chi connectivity index (χ0n) is 15.9. The number of ketones is 1. The van der Waals surface area contributed by atoms with Crippen LogP contribution in [0.1, 0.15) is 43.6 Å². The van der Waals surface area contributed by atoms with E-state index in [0.29, 0.717) is 23.7 Å². The van der Waals surface area contributed by atoms with Crippen molar-refractivity contribution in [3.8, 4) is 17.2 Å². The van der Waals surface area contributed by atoms with Gasteiger partial charge in [-0.1, -0.05) is 12.1 Å². The molecule has 0 saturated carbocycles. The average Bonchev–Trinajstić information content (AvgIpc) is 2.91. The van der Waals surface area contributed by atoms with Crippen LogP contribution in [0.3, 0.4) is 0 Å². The number of hydrogen-bond acceptors (Lipinski definition) is 5. The summed E-state index contributed by atoms with van der Waals surface area (Å²) < 4.78 is 16.5. The van der Waals surface area contributed by atoms with Gasteiger partial charge in [-0.3, -0.25) is 9.59 Å². The van der Waals surface area contributed by atoms with Crippen molar-refractivity contribution < 1.29 is 23.8 Å². The number of rotatable bonds is 4. The van der Waals surface area contributed by atoms with Gasteiger partial charge in [0.05, 0.1) is 17.6 Å². The summed E-state index contributed by atoms with van der Waals surface area (Å²) in [6.45, 7) is 7.85. The molecule has 5 heteroatoms. The highest BCUT2D eigenvalue weighted by Crippen LogP contribution is 2.35. The van der Waals surface area contributed by atoms with Crippen LogP contribution >= 0.6 is 0 Å². The first kappa shape index (κ1) is 18.7. The van der Waals surface area contributed by atoms with Gasteiger partial charge in [0.25, 0.3) is 0 Å². The maximum Gasteiger partial charge on any atom is 0.316 e. The molecule has 0 saturated heterocycles. The molecule has 0 fully saturated rings. The normalized spacial score (nSPS) is 14.7. The lowest BCUT2D eigenvalue weighted by molar-refractivity contribution is -0.143. The molecule has 0 aromatic heterocycles. The first-order valence-electron chi connectivity index (χ1n) is 8.81. The summed E-state index contributed by atoms with van der Waals surface area (Å²) >= 11 is 0. The van der Waals surface area contributed by atoms with Crippen LogP contribution in [0.15, 0.2) is 48.2 Å². The number of hydrogen-bond donors (Lipinski definition) is 0. The summed E-state index contributed by atoms with van der Waals surface area (Å²) in [7, 11) is 0. The lowest BCUT2D eigenvalue weighted by Gasteiger charge is -2.16. The summed E-state index contributed by atoms with van der Waals surface area (Å²) in [6.07, 6.45) is 1.68. The lowest BCUT2D eigenvalue weighted by atomic mass is 9.97. The van der Waals surface area contributed by atoms with Crippen molar-refractivity contribution in [2.45, 2.75) is 27.7 Å². The zero-order chi connectivity index (χ0) is 19.6. The Hall–Kier alpha value is -3.08. The molecular weight excluding hydrogens is 344 g/mol. The van der Waals surface area contributed by atoms with E-state index in [1.165, 1.54) is 0 Å². The minimum atomic E-state index is -0.617. The van der Waals surface area contributed by atoms with Crippen molar-refractivity contribution in [1.29, 1.82) is 0 Å². The predicted octanol–water partition coefficient (Wildman–Crippen LogP) is 4.65. The molecule has 1 aliphatic heterocycles. The third-order valence-electron chi connectivity index (χ3n) is 3.95. The fourth-order valence-electron chi connectivity index (χ4n) is 2.47. The van der Waals surface area contributed by atoms with Crippen molar-refractivity contribution in [3.05, 3.63) is 59.4 Å². The molecule has 2 aromatic rings. The summed E-state index contributed by atoms with van der Waals surface area (Å²) in [5.74, 6) is 1.19. The van der Waals surface area contributed by atoms with Gasteiger partial charge >= 0.3 is 5.97 Å². The molecule has 27 heavy (non-hydrogen) atoms. The monoisotopic (exact) mass is 366 g/mol. The first-order chi connectivity index (χ1) is 12.8. The summed E-state index contributed by atoms with van der Waals surface area (Å²) in [5.41, 5.74) is 0.658. The molecule has 1 heterocycles. The molecule has 2 aromatic carbocycles. The standard InChI is InChI=1S/C22H22O5/c1-5-25-15-8-6-14(7-9-15)12-19-20(23)17-11-10-16(13-18(17)27-19)26-21(24)22(2,3)4/h6-13H,5H2,1-4H3. The Bertz CT molecular complexity index is 901. The maximum absolute atomic E-state index is 12.5. The van der Waals surface area contributed by atoms with E-state index in [2.05, 4.69) is 0 Å². The SMILES string of the molecule is CCOc1ccc(C=C2Oc3cc(OC(=O)C(C)(C)C)ccc3C2=O)cc1. The Kier molecular flexibility index (Phi) is 5.04. The van der Waals surface area contributed by atoms with E-state index in [1.807, 2.05) is 31.2 Å². The molecule has 0 spiro atoms. The molecule has 0 N–H and O–H groups in total. The molecule has 0 unspecified atom stereocenters. The number of allylic oxidation sites excluding steroid dienone is 1. The molecule has 140 valence electrons. The molecule has 5 nitrogen and oxygen atoms in total. The highest BCUT2D eigenvalue weighted by Gasteiger charge is 2.29. The van der Waals surface area contributed by atoms with Crippen LogP contribution in [0.25, 0.3) is 6.08 Å². The Balaban J connectivity index is 1.79. The van der Waals surface area contributed by atoms with Crippen LogP contribution in [-0.4, -0.2) is 18.4 Å². The van der Waals surface area contributed by atoms with Crippen LogP contribution < -0.4 is 14.2 Å². The fraction of sp³-hybridized carbons (Fsp3) is 0.273. The van der Waals surface area contributed by atoms with Crippen LogP contribution in [0.2, 0.25) is 0 Å². The van der Waals surface area contributed by atoms with E-state index < -0.39 is 5.41 Å². The number of ether oxygens (including phenoxy) is 3. The van der Waals surface area contributed by atoms with E-state index in [-0.39, 0.29) is 17.5 Å². The minimum absolute atomic E-state index is 0.201. The Morgan fingerprint density at radius 1 is 1.07 bits per heavy atom. The molecule has 0 bridgehead atoms. The van der Waals surface area contributed by atoms with Gasteiger partial charge < -0.3 is 14.2 Å². The van der Waals surface area contributed by atoms with Gasteiger partial charge in [0.2, 0.25) is 5.78 Å². The van der Waals surface area contributed by atoms with E-state index in [1.54, 1.807) is 45.0 Å². The van der Waals surface area contributed by atoms with Gasteiger partial charge in [-0.15, -0.1) is 0 Å². The number of benzene rings is 2. The topological polar surface area (TPSA) is 61.8 Å². The second-order valence-corrected chi connectivity index (χ2v) is 7.24. The van der Waals surface area contributed by atoms with E-state index in [4.69, 9.17) is 14.2 Å². The maximum atomic E-state index is 12.5. The van der Waals surface area contributed by atoms with Crippen molar-refractivity contribution in [3.63, 3.8) is 0 Å². The van der Waals surface area contributed by atoms with E-state index in [0.717, 1.165) is 11.3 Å². The predicted molar refractivity (Wildman–Crippen MR) is 102 cm³/mol. The smallest absolute Gasteiger partial charge is 0.316 e. The second-order valence-electron chi connectivity index (χ2n) is 7.24. The molecule has 0 radical (unpaired) electrons. The van der Waals surface area contributed by atoms with Crippen molar-refractivity contribution in [1.82, 2.24) is 0 Å². The Morgan fingerprint density at radius 3 is 2.37 bits per heavy atom. The van der Waals surface area contributed by atoms with Crippen molar-refractivity contribution >= 4 is 17.8 Å². The van der Waals surface area contributed by atoms with Crippen molar-refractivity contribution in [2.24, 2.45) is 5.41 Å². The van der Waals surface area contributed by atoms with Gasteiger partial charge in [-0.2, -0.15) is 0 Å². The van der Waals surface area contributed by atoms with E-state index in [9.17, 15) is 9.59 Å². The van der Waals surface area contributed by atoms with E-state index >= 15 is 0 Å². The third kappa shape index (κ3) is 4.19. The lowest BCUT2D eigenvalue weighted by Crippen LogP contribution is -2.25. The second kappa shape index (κ2) is 7.27. The van der Waals surface area contributed by atoms with Gasteiger partial charge in [0, 0.05) is 6.07 Å². The molecular formula is C22H22O5.